The largest absolute Gasteiger partial charge is 0.390 e. The number of rotatable bonds is 7. The Hall–Kier alpha value is -0.340. The third kappa shape index (κ3) is 8.39. The van der Waals surface area contributed by atoms with Crippen molar-refractivity contribution in [1.29, 1.82) is 0 Å². The van der Waals surface area contributed by atoms with Gasteiger partial charge in [0.1, 0.15) is 0 Å². The van der Waals surface area contributed by atoms with Gasteiger partial charge in [-0.15, -0.1) is 0 Å². The van der Waals surface area contributed by atoms with Crippen LogP contribution in [0.1, 0.15) is 27.2 Å². The van der Waals surface area contributed by atoms with E-state index in [2.05, 4.69) is 5.32 Å². The summed E-state index contributed by atoms with van der Waals surface area (Å²) in [5, 5.41) is 2.15. The van der Waals surface area contributed by atoms with E-state index in [0.29, 0.717) is 0 Å². The first-order chi connectivity index (χ1) is 7.54. The lowest BCUT2D eigenvalue weighted by Gasteiger charge is -2.16. The van der Waals surface area contributed by atoms with Gasteiger partial charge >= 0.3 is 6.18 Å². The van der Waals surface area contributed by atoms with Crippen molar-refractivity contribution in [2.24, 2.45) is 0 Å². The molecule has 0 heterocycles. The number of hydrogen-bond donors (Lipinski definition) is 2. The molecule has 0 saturated heterocycles. The molecule has 0 rings (SSSR count). The zero-order chi connectivity index (χ0) is 13.7. The molecule has 1 atom stereocenters. The first kappa shape index (κ1) is 16.7. The summed E-state index contributed by atoms with van der Waals surface area (Å²) < 4.78 is 60.5. The molecule has 0 aromatic rings. The third-order valence-electron chi connectivity index (χ3n) is 2.05. The van der Waals surface area contributed by atoms with Crippen molar-refractivity contribution < 1.29 is 21.6 Å². The lowest BCUT2D eigenvalue weighted by Crippen LogP contribution is -2.41. The Morgan fingerprint density at radius 3 is 2.12 bits per heavy atom. The molecule has 0 radical (unpaired) electrons. The minimum Gasteiger partial charge on any atom is -0.313 e. The topological polar surface area (TPSA) is 58.2 Å². The SMILES string of the molecule is CC(C)NCC(C)S(=O)(=O)NCCC(F)(F)F. The molecule has 0 fully saturated rings. The molecule has 17 heavy (non-hydrogen) atoms. The number of alkyl halides is 3. The molecule has 0 aliphatic heterocycles. The van der Waals surface area contributed by atoms with Crippen LogP contribution >= 0.6 is 0 Å². The van der Waals surface area contributed by atoms with Gasteiger partial charge in [-0.3, -0.25) is 0 Å². The maximum Gasteiger partial charge on any atom is 0.390 e. The van der Waals surface area contributed by atoms with Crippen LogP contribution in [0, 0.1) is 0 Å². The smallest absolute Gasteiger partial charge is 0.313 e. The summed E-state index contributed by atoms with van der Waals surface area (Å²) in [5.41, 5.74) is 0. The van der Waals surface area contributed by atoms with Crippen molar-refractivity contribution in [2.45, 2.75) is 44.7 Å². The normalized spacial score (nSPS) is 15.2. The van der Waals surface area contributed by atoms with Crippen molar-refractivity contribution in [1.82, 2.24) is 10.0 Å². The number of sulfonamides is 1. The average Bonchev–Trinajstić information content (AvgIpc) is 2.11. The molecule has 0 aromatic heterocycles. The van der Waals surface area contributed by atoms with Crippen LogP contribution in [-0.2, 0) is 10.0 Å². The molecule has 8 heteroatoms. The Labute approximate surface area is 100 Å². The summed E-state index contributed by atoms with van der Waals surface area (Å²) in [6.45, 7) is 4.76. The zero-order valence-electron chi connectivity index (χ0n) is 10.1. The number of nitrogens with one attached hydrogen (secondary N) is 2. The van der Waals surface area contributed by atoms with Gasteiger partial charge in [0.25, 0.3) is 0 Å². The molecule has 0 aliphatic rings. The Morgan fingerprint density at radius 2 is 1.71 bits per heavy atom. The molecule has 0 spiro atoms. The summed E-state index contributed by atoms with van der Waals surface area (Å²) in [6.07, 6.45) is -5.50. The van der Waals surface area contributed by atoms with Crippen molar-refractivity contribution in [3.05, 3.63) is 0 Å². The van der Waals surface area contributed by atoms with Crippen LogP contribution in [0.4, 0.5) is 13.2 Å². The lowest BCUT2D eigenvalue weighted by molar-refractivity contribution is -0.132. The minimum absolute atomic E-state index is 0.128. The quantitative estimate of drug-likeness (QED) is 0.735. The Balaban J connectivity index is 4.10. The van der Waals surface area contributed by atoms with E-state index in [1.165, 1.54) is 6.92 Å². The summed E-state index contributed by atoms with van der Waals surface area (Å²) in [4.78, 5) is 0. The standard InChI is InChI=1S/C9H19F3N2O2S/c1-7(2)13-6-8(3)17(15,16)14-5-4-9(10,11)12/h7-8,13-14H,4-6H2,1-3H3. The van der Waals surface area contributed by atoms with Gasteiger partial charge in [0.05, 0.1) is 11.7 Å². The fourth-order valence-electron chi connectivity index (χ4n) is 0.989. The van der Waals surface area contributed by atoms with E-state index in [9.17, 15) is 21.6 Å². The molecule has 0 amide bonds. The lowest BCUT2D eigenvalue weighted by atomic mass is 10.3. The molecule has 0 aliphatic carbocycles. The fraction of sp³-hybridized carbons (Fsp3) is 1.00. The Morgan fingerprint density at radius 1 is 1.18 bits per heavy atom. The van der Waals surface area contributed by atoms with Gasteiger partial charge in [-0.1, -0.05) is 13.8 Å². The van der Waals surface area contributed by atoms with E-state index >= 15 is 0 Å². The molecule has 4 nitrogen and oxygen atoms in total. The number of hydrogen-bond acceptors (Lipinski definition) is 3. The summed E-state index contributed by atoms with van der Waals surface area (Å²) in [7, 11) is -3.69. The van der Waals surface area contributed by atoms with E-state index in [1.54, 1.807) is 0 Å². The highest BCUT2D eigenvalue weighted by atomic mass is 32.2. The maximum atomic E-state index is 11.8. The highest BCUT2D eigenvalue weighted by Crippen LogP contribution is 2.18. The summed E-state index contributed by atoms with van der Waals surface area (Å²) in [5.74, 6) is 0. The monoisotopic (exact) mass is 276 g/mol. The van der Waals surface area contributed by atoms with Crippen molar-refractivity contribution in [3.63, 3.8) is 0 Å². The fourth-order valence-corrected chi connectivity index (χ4v) is 1.98. The number of halogens is 3. The van der Waals surface area contributed by atoms with Crippen LogP contribution in [0.5, 0.6) is 0 Å². The second-order valence-electron chi connectivity index (χ2n) is 4.18. The van der Waals surface area contributed by atoms with Crippen LogP contribution in [0.2, 0.25) is 0 Å². The Kier molecular flexibility index (Phi) is 6.42. The second kappa shape index (κ2) is 6.55. The van der Waals surface area contributed by atoms with E-state index in [0.717, 1.165) is 0 Å². The molecular weight excluding hydrogens is 257 g/mol. The predicted molar refractivity (Wildman–Crippen MR) is 60.2 cm³/mol. The summed E-state index contributed by atoms with van der Waals surface area (Å²) in [6, 6.07) is 0.128. The van der Waals surface area contributed by atoms with Gasteiger partial charge in [0, 0.05) is 19.1 Å². The molecule has 0 saturated carbocycles. The highest BCUT2D eigenvalue weighted by Gasteiger charge is 2.28. The molecule has 0 aromatic carbocycles. The Bertz CT molecular complexity index is 315. The van der Waals surface area contributed by atoms with E-state index < -0.39 is 34.4 Å². The highest BCUT2D eigenvalue weighted by molar-refractivity contribution is 7.90. The third-order valence-corrected chi connectivity index (χ3v) is 3.89. The molecular formula is C9H19F3N2O2S. The molecule has 1 unspecified atom stereocenters. The maximum absolute atomic E-state index is 11.8. The minimum atomic E-state index is -4.35. The predicted octanol–water partition coefficient (Wildman–Crippen LogP) is 1.24. The summed E-state index contributed by atoms with van der Waals surface area (Å²) >= 11 is 0. The zero-order valence-corrected chi connectivity index (χ0v) is 11.0. The van der Waals surface area contributed by atoms with Gasteiger partial charge in [-0.2, -0.15) is 13.2 Å². The first-order valence-electron chi connectivity index (χ1n) is 5.33. The van der Waals surface area contributed by atoms with Crippen molar-refractivity contribution >= 4 is 10.0 Å². The van der Waals surface area contributed by atoms with Crippen LogP contribution in [0.3, 0.4) is 0 Å². The molecule has 104 valence electrons. The van der Waals surface area contributed by atoms with Crippen LogP contribution in [0.25, 0.3) is 0 Å². The van der Waals surface area contributed by atoms with Crippen LogP contribution in [0.15, 0.2) is 0 Å². The van der Waals surface area contributed by atoms with Gasteiger partial charge in [0.2, 0.25) is 10.0 Å². The average molecular weight is 276 g/mol. The molecule has 2 N–H and O–H groups in total. The van der Waals surface area contributed by atoms with Gasteiger partial charge < -0.3 is 5.32 Å². The van der Waals surface area contributed by atoms with Gasteiger partial charge in [-0.05, 0) is 6.92 Å². The van der Waals surface area contributed by atoms with Gasteiger partial charge in [-0.25, -0.2) is 13.1 Å². The van der Waals surface area contributed by atoms with Crippen LogP contribution < -0.4 is 10.0 Å². The first-order valence-corrected chi connectivity index (χ1v) is 6.88. The molecule has 0 bridgehead atoms. The van der Waals surface area contributed by atoms with Gasteiger partial charge in [0.15, 0.2) is 0 Å². The van der Waals surface area contributed by atoms with Crippen LogP contribution in [-0.4, -0.2) is 39.0 Å². The van der Waals surface area contributed by atoms with Crippen molar-refractivity contribution in [3.8, 4) is 0 Å². The van der Waals surface area contributed by atoms with E-state index in [4.69, 9.17) is 0 Å². The van der Waals surface area contributed by atoms with Crippen molar-refractivity contribution in [2.75, 3.05) is 13.1 Å². The van der Waals surface area contributed by atoms with E-state index in [-0.39, 0.29) is 12.6 Å². The van der Waals surface area contributed by atoms with E-state index in [1.807, 2.05) is 18.6 Å². The second-order valence-corrected chi connectivity index (χ2v) is 6.36.